The molecule has 2 aromatic rings. The van der Waals surface area contributed by atoms with E-state index in [4.69, 9.17) is 11.6 Å². The van der Waals surface area contributed by atoms with E-state index in [9.17, 15) is 9.59 Å². The fraction of sp³-hybridized carbons (Fsp3) is 0.455. The van der Waals surface area contributed by atoms with Gasteiger partial charge in [0.2, 0.25) is 5.91 Å². The first-order valence-corrected chi connectivity index (χ1v) is 10.3. The summed E-state index contributed by atoms with van der Waals surface area (Å²) >= 11 is 6.14. The Hall–Kier alpha value is -2.31. The molecule has 1 aliphatic rings. The minimum Gasteiger partial charge on any atom is -0.325 e. The average Bonchev–Trinajstić information content (AvgIpc) is 3.12. The number of aromatic nitrogens is 1. The van der Waals surface area contributed by atoms with Crippen molar-refractivity contribution in [2.24, 2.45) is 0 Å². The molecule has 0 unspecified atom stereocenters. The first-order valence-electron chi connectivity index (χ1n) is 9.89. The Balaban J connectivity index is 1.59. The Bertz CT molecular complexity index is 900. The molecule has 0 aliphatic carbocycles. The molecule has 29 heavy (non-hydrogen) atoms. The largest absolute Gasteiger partial charge is 0.328 e. The van der Waals surface area contributed by atoms with Crippen LogP contribution in [0.1, 0.15) is 37.8 Å². The van der Waals surface area contributed by atoms with Crippen LogP contribution in [-0.4, -0.2) is 52.0 Å². The highest BCUT2D eigenvalue weighted by Gasteiger charge is 2.35. The number of hydrogen-bond acceptors (Lipinski definition) is 3. The average molecular weight is 417 g/mol. The molecular weight excluding hydrogens is 388 g/mol. The maximum Gasteiger partial charge on any atom is 0.328 e. The van der Waals surface area contributed by atoms with Crippen molar-refractivity contribution >= 4 is 29.2 Å². The molecule has 2 heterocycles. The van der Waals surface area contributed by atoms with E-state index in [1.165, 1.54) is 17.1 Å². The monoisotopic (exact) mass is 416 g/mol. The molecule has 1 aromatic heterocycles. The van der Waals surface area contributed by atoms with Crippen molar-refractivity contribution in [1.29, 1.82) is 0 Å². The fourth-order valence-corrected chi connectivity index (χ4v) is 3.90. The van der Waals surface area contributed by atoms with Crippen molar-refractivity contribution < 1.29 is 9.59 Å². The van der Waals surface area contributed by atoms with Crippen molar-refractivity contribution in [1.82, 2.24) is 14.4 Å². The zero-order chi connectivity index (χ0) is 21.2. The molecule has 1 saturated heterocycles. The van der Waals surface area contributed by atoms with Gasteiger partial charge in [-0.3, -0.25) is 14.3 Å². The lowest BCUT2D eigenvalue weighted by Crippen LogP contribution is -2.53. The van der Waals surface area contributed by atoms with Crippen molar-refractivity contribution in [3.8, 4) is 0 Å². The maximum atomic E-state index is 12.8. The summed E-state index contributed by atoms with van der Waals surface area (Å²) in [7, 11) is 2.15. The predicted molar refractivity (Wildman–Crippen MR) is 116 cm³/mol. The predicted octanol–water partition coefficient (Wildman–Crippen LogP) is 4.36. The number of rotatable bonds is 4. The van der Waals surface area contributed by atoms with E-state index in [-0.39, 0.29) is 17.5 Å². The van der Waals surface area contributed by atoms with E-state index >= 15 is 0 Å². The summed E-state index contributed by atoms with van der Waals surface area (Å²) in [5.41, 5.74) is 2.99. The number of amides is 2. The smallest absolute Gasteiger partial charge is 0.325 e. The van der Waals surface area contributed by atoms with Gasteiger partial charge < -0.3 is 10.2 Å². The molecule has 0 spiro atoms. The van der Waals surface area contributed by atoms with Crippen LogP contribution in [0, 0.1) is 6.92 Å². The van der Waals surface area contributed by atoms with Crippen LogP contribution in [-0.2, 0) is 11.3 Å². The highest BCUT2D eigenvalue weighted by atomic mass is 35.5. The lowest BCUT2D eigenvalue weighted by molar-refractivity contribution is -0.114. The molecular formula is C22H29ClN4O2. The molecule has 0 atom stereocenters. The molecule has 7 heteroatoms. The standard InChI is InChI=1S/C22H29ClN4O2/c1-16-13-18(5-6-20(16)23)14-25(4)22(3)8-11-26(12-9-22)21(29)27-10-7-19(15-27)24-17(2)28/h5-7,10,13,15H,8-9,11-12,14H2,1-4H3,(H,24,28). The Kier molecular flexibility index (Phi) is 6.34. The topological polar surface area (TPSA) is 57.6 Å². The van der Waals surface area contributed by atoms with Gasteiger partial charge in [0.15, 0.2) is 0 Å². The summed E-state index contributed by atoms with van der Waals surface area (Å²) in [4.78, 5) is 28.2. The SMILES string of the molecule is CC(=O)Nc1ccn(C(=O)N2CCC(C)(N(C)Cc3ccc(Cl)c(C)c3)CC2)c1. The Morgan fingerprint density at radius 2 is 1.93 bits per heavy atom. The summed E-state index contributed by atoms with van der Waals surface area (Å²) < 4.78 is 1.54. The zero-order valence-corrected chi connectivity index (χ0v) is 18.3. The number of nitrogens with zero attached hydrogens (tertiary/aromatic N) is 3. The van der Waals surface area contributed by atoms with Crippen molar-refractivity contribution in [3.63, 3.8) is 0 Å². The van der Waals surface area contributed by atoms with Gasteiger partial charge in [0.25, 0.3) is 0 Å². The number of nitrogens with one attached hydrogen (secondary N) is 1. The lowest BCUT2D eigenvalue weighted by Gasteiger charge is -2.45. The molecule has 0 radical (unpaired) electrons. The number of hydrogen-bond donors (Lipinski definition) is 1. The minimum atomic E-state index is -0.150. The summed E-state index contributed by atoms with van der Waals surface area (Å²) in [6.45, 7) is 7.99. The molecule has 156 valence electrons. The number of anilines is 1. The van der Waals surface area contributed by atoms with E-state index in [2.05, 4.69) is 36.3 Å². The number of piperidine rings is 1. The van der Waals surface area contributed by atoms with E-state index in [1.54, 1.807) is 18.5 Å². The highest BCUT2D eigenvalue weighted by molar-refractivity contribution is 6.31. The molecule has 6 nitrogen and oxygen atoms in total. The minimum absolute atomic E-state index is 0.0301. The lowest BCUT2D eigenvalue weighted by atomic mass is 9.87. The molecule has 0 saturated carbocycles. The fourth-order valence-electron chi connectivity index (χ4n) is 3.79. The molecule has 0 bridgehead atoms. The number of halogens is 1. The number of aryl methyl sites for hydroxylation is 1. The third kappa shape index (κ3) is 5.00. The molecule has 1 N–H and O–H groups in total. The van der Waals surface area contributed by atoms with Gasteiger partial charge in [-0.2, -0.15) is 0 Å². The molecule has 1 fully saturated rings. The van der Waals surface area contributed by atoms with Gasteiger partial charge >= 0.3 is 6.03 Å². The first kappa shape index (κ1) is 21.4. The van der Waals surface area contributed by atoms with Crippen LogP contribution in [0.15, 0.2) is 36.7 Å². The van der Waals surface area contributed by atoms with Gasteiger partial charge in [0, 0.05) is 49.5 Å². The van der Waals surface area contributed by atoms with E-state index in [0.29, 0.717) is 18.8 Å². The second-order valence-corrected chi connectivity index (χ2v) is 8.60. The Morgan fingerprint density at radius 3 is 2.55 bits per heavy atom. The first-order chi connectivity index (χ1) is 13.7. The van der Waals surface area contributed by atoms with Crippen LogP contribution >= 0.6 is 11.6 Å². The number of carbonyl (C=O) groups is 2. The van der Waals surface area contributed by atoms with Crippen LogP contribution in [0.2, 0.25) is 5.02 Å². The Labute approximate surface area is 177 Å². The second kappa shape index (κ2) is 8.59. The van der Waals surface area contributed by atoms with Gasteiger partial charge in [0.1, 0.15) is 0 Å². The van der Waals surface area contributed by atoms with Gasteiger partial charge in [-0.05, 0) is 57.0 Å². The summed E-state index contributed by atoms with van der Waals surface area (Å²) in [5, 5.41) is 3.49. The van der Waals surface area contributed by atoms with Crippen molar-refractivity contribution in [2.75, 3.05) is 25.5 Å². The molecule has 3 rings (SSSR count). The molecule has 2 amide bonds. The second-order valence-electron chi connectivity index (χ2n) is 8.19. The number of likely N-dealkylation sites (tertiary alicyclic amines) is 1. The quantitative estimate of drug-likeness (QED) is 0.805. The zero-order valence-electron chi connectivity index (χ0n) is 17.5. The van der Waals surface area contributed by atoms with E-state index in [0.717, 1.165) is 30.0 Å². The third-order valence-corrected chi connectivity index (χ3v) is 6.33. The summed E-state index contributed by atoms with van der Waals surface area (Å²) in [5.74, 6) is -0.150. The van der Waals surface area contributed by atoms with Gasteiger partial charge in [-0.15, -0.1) is 0 Å². The van der Waals surface area contributed by atoms with Crippen molar-refractivity contribution in [2.45, 2.75) is 45.7 Å². The highest BCUT2D eigenvalue weighted by Crippen LogP contribution is 2.30. The van der Waals surface area contributed by atoms with E-state index < -0.39 is 0 Å². The van der Waals surface area contributed by atoms with Crippen LogP contribution in [0.25, 0.3) is 0 Å². The van der Waals surface area contributed by atoms with Gasteiger partial charge in [-0.25, -0.2) is 4.79 Å². The molecule has 1 aromatic carbocycles. The third-order valence-electron chi connectivity index (χ3n) is 5.91. The number of carbonyl (C=O) groups excluding carboxylic acids is 2. The van der Waals surface area contributed by atoms with Crippen LogP contribution in [0.3, 0.4) is 0 Å². The van der Waals surface area contributed by atoms with Gasteiger partial charge in [-0.1, -0.05) is 23.7 Å². The van der Waals surface area contributed by atoms with Crippen molar-refractivity contribution in [3.05, 3.63) is 52.8 Å². The maximum absolute atomic E-state index is 12.8. The normalized spacial score (nSPS) is 16.1. The Morgan fingerprint density at radius 1 is 1.24 bits per heavy atom. The molecule has 1 aliphatic heterocycles. The van der Waals surface area contributed by atoms with Crippen LogP contribution in [0.5, 0.6) is 0 Å². The van der Waals surface area contributed by atoms with Crippen LogP contribution < -0.4 is 5.32 Å². The van der Waals surface area contributed by atoms with Gasteiger partial charge in [0.05, 0.1) is 5.69 Å². The number of benzene rings is 1. The summed E-state index contributed by atoms with van der Waals surface area (Å²) in [6, 6.07) is 7.84. The summed E-state index contributed by atoms with van der Waals surface area (Å²) in [6.07, 6.45) is 5.16. The van der Waals surface area contributed by atoms with E-state index in [1.807, 2.05) is 17.9 Å². The van der Waals surface area contributed by atoms with Crippen LogP contribution in [0.4, 0.5) is 10.5 Å².